The number of aliphatic hydroxyl groups excluding tert-OH is 1. The molecular formula is C10H12ClNO3. The Morgan fingerprint density at radius 3 is 2.47 bits per heavy atom. The lowest BCUT2D eigenvalue weighted by Gasteiger charge is -2.15. The Kier molecular flexibility index (Phi) is 4.39. The van der Waals surface area contributed by atoms with Crippen LogP contribution in [0.4, 0.5) is 4.79 Å². The van der Waals surface area contributed by atoms with Gasteiger partial charge in [-0.05, 0) is 24.1 Å². The summed E-state index contributed by atoms with van der Waals surface area (Å²) in [6, 6.07) is 6.44. The van der Waals surface area contributed by atoms with Gasteiger partial charge in [-0.15, -0.1) is 0 Å². The minimum absolute atomic E-state index is 0.0758. The summed E-state index contributed by atoms with van der Waals surface area (Å²) < 4.78 is 0. The standard InChI is InChI=1S/C10H12ClNO3/c11-8-3-1-7(2-4-8)9(5-6-13)12-10(14)15/h1-4,9,12-13H,5-6H2,(H,14,15). The fourth-order valence-electron chi connectivity index (χ4n) is 1.30. The summed E-state index contributed by atoms with van der Waals surface area (Å²) in [6.07, 6.45) is -0.767. The number of carbonyl (C=O) groups is 1. The highest BCUT2D eigenvalue weighted by Gasteiger charge is 2.12. The summed E-state index contributed by atoms with van der Waals surface area (Å²) in [4.78, 5) is 10.5. The van der Waals surface area contributed by atoms with Crippen molar-refractivity contribution in [3.63, 3.8) is 0 Å². The van der Waals surface area contributed by atoms with Crippen LogP contribution in [0.3, 0.4) is 0 Å². The molecule has 15 heavy (non-hydrogen) atoms. The second kappa shape index (κ2) is 5.58. The highest BCUT2D eigenvalue weighted by molar-refractivity contribution is 6.30. The Morgan fingerprint density at radius 1 is 1.40 bits per heavy atom. The van der Waals surface area contributed by atoms with Gasteiger partial charge in [-0.2, -0.15) is 0 Å². The molecule has 0 saturated heterocycles. The minimum Gasteiger partial charge on any atom is -0.465 e. The molecule has 0 aromatic heterocycles. The van der Waals surface area contributed by atoms with E-state index in [0.717, 1.165) is 5.56 Å². The predicted molar refractivity (Wildman–Crippen MR) is 57.1 cm³/mol. The Labute approximate surface area is 92.5 Å². The summed E-state index contributed by atoms with van der Waals surface area (Å²) >= 11 is 5.71. The van der Waals surface area contributed by atoms with Crippen molar-refractivity contribution >= 4 is 17.7 Å². The first-order valence-electron chi connectivity index (χ1n) is 4.49. The molecule has 0 fully saturated rings. The van der Waals surface area contributed by atoms with Gasteiger partial charge in [0.1, 0.15) is 0 Å². The number of hydrogen-bond donors (Lipinski definition) is 3. The zero-order chi connectivity index (χ0) is 11.3. The van der Waals surface area contributed by atoms with Crippen LogP contribution in [-0.4, -0.2) is 22.9 Å². The Morgan fingerprint density at radius 2 is 2.00 bits per heavy atom. The van der Waals surface area contributed by atoms with Gasteiger partial charge in [0, 0.05) is 11.6 Å². The summed E-state index contributed by atoms with van der Waals surface area (Å²) in [6.45, 7) is -0.0758. The van der Waals surface area contributed by atoms with Crippen molar-refractivity contribution in [3.8, 4) is 0 Å². The molecule has 1 rings (SSSR count). The molecule has 0 aliphatic carbocycles. The first-order chi connectivity index (χ1) is 7.13. The van der Waals surface area contributed by atoms with Crippen LogP contribution in [0.2, 0.25) is 5.02 Å². The highest BCUT2D eigenvalue weighted by atomic mass is 35.5. The van der Waals surface area contributed by atoms with Crippen LogP contribution in [0.15, 0.2) is 24.3 Å². The normalized spacial score (nSPS) is 12.1. The molecule has 0 heterocycles. The Balaban J connectivity index is 2.78. The van der Waals surface area contributed by atoms with Crippen LogP contribution >= 0.6 is 11.6 Å². The van der Waals surface area contributed by atoms with Crippen molar-refractivity contribution in [2.45, 2.75) is 12.5 Å². The molecule has 4 nitrogen and oxygen atoms in total. The minimum atomic E-state index is -1.11. The molecule has 1 atom stereocenters. The first-order valence-corrected chi connectivity index (χ1v) is 4.87. The number of halogens is 1. The SMILES string of the molecule is O=C(O)NC(CCO)c1ccc(Cl)cc1. The van der Waals surface area contributed by atoms with E-state index in [-0.39, 0.29) is 6.61 Å². The molecule has 0 aliphatic heterocycles. The third-order valence-corrected chi connectivity index (χ3v) is 2.24. The number of hydrogen-bond acceptors (Lipinski definition) is 2. The van der Waals surface area contributed by atoms with E-state index in [0.29, 0.717) is 11.4 Å². The van der Waals surface area contributed by atoms with Crippen LogP contribution in [-0.2, 0) is 0 Å². The summed E-state index contributed by atoms with van der Waals surface area (Å²) in [7, 11) is 0. The average molecular weight is 230 g/mol. The van der Waals surface area contributed by atoms with Gasteiger partial charge in [-0.1, -0.05) is 23.7 Å². The van der Waals surface area contributed by atoms with Crippen LogP contribution in [0.25, 0.3) is 0 Å². The summed E-state index contributed by atoms with van der Waals surface area (Å²) in [5.41, 5.74) is 0.788. The number of aliphatic hydroxyl groups is 1. The van der Waals surface area contributed by atoms with Crippen molar-refractivity contribution < 1.29 is 15.0 Å². The van der Waals surface area contributed by atoms with E-state index in [1.807, 2.05) is 0 Å². The van der Waals surface area contributed by atoms with Gasteiger partial charge in [-0.25, -0.2) is 4.79 Å². The van der Waals surface area contributed by atoms with E-state index in [2.05, 4.69) is 5.32 Å². The maximum Gasteiger partial charge on any atom is 0.405 e. The number of amides is 1. The maximum absolute atomic E-state index is 10.5. The number of rotatable bonds is 4. The van der Waals surface area contributed by atoms with Gasteiger partial charge in [0.2, 0.25) is 0 Å². The van der Waals surface area contributed by atoms with Crippen molar-refractivity contribution in [2.24, 2.45) is 0 Å². The number of benzene rings is 1. The molecule has 0 spiro atoms. The molecule has 82 valence electrons. The van der Waals surface area contributed by atoms with Crippen LogP contribution in [0.5, 0.6) is 0 Å². The molecule has 1 amide bonds. The van der Waals surface area contributed by atoms with Crippen LogP contribution in [0.1, 0.15) is 18.0 Å². The third kappa shape index (κ3) is 3.77. The van der Waals surface area contributed by atoms with E-state index in [1.165, 1.54) is 0 Å². The monoisotopic (exact) mass is 229 g/mol. The zero-order valence-electron chi connectivity index (χ0n) is 7.98. The largest absolute Gasteiger partial charge is 0.465 e. The predicted octanol–water partition coefficient (Wildman–Crippen LogP) is 2.03. The van der Waals surface area contributed by atoms with Crippen LogP contribution < -0.4 is 5.32 Å². The fourth-order valence-corrected chi connectivity index (χ4v) is 1.42. The van der Waals surface area contributed by atoms with E-state index in [9.17, 15) is 4.79 Å². The molecule has 5 heteroatoms. The molecule has 1 aromatic carbocycles. The Hall–Kier alpha value is -1.26. The van der Waals surface area contributed by atoms with E-state index >= 15 is 0 Å². The second-order valence-corrected chi connectivity index (χ2v) is 3.50. The Bertz CT molecular complexity index is 326. The molecule has 0 saturated carbocycles. The molecule has 1 unspecified atom stereocenters. The summed E-state index contributed by atoms with van der Waals surface area (Å²) in [5, 5.41) is 20.3. The van der Waals surface area contributed by atoms with E-state index in [4.69, 9.17) is 21.8 Å². The van der Waals surface area contributed by atoms with Crippen LogP contribution in [0, 0.1) is 0 Å². The molecule has 0 radical (unpaired) electrons. The lowest BCUT2D eigenvalue weighted by atomic mass is 10.0. The second-order valence-electron chi connectivity index (χ2n) is 3.07. The first kappa shape index (κ1) is 11.8. The van der Waals surface area contributed by atoms with Gasteiger partial charge in [0.15, 0.2) is 0 Å². The molecular weight excluding hydrogens is 218 g/mol. The molecule has 1 aromatic rings. The number of carboxylic acid groups (broad SMARTS) is 1. The summed E-state index contributed by atoms with van der Waals surface area (Å²) in [5.74, 6) is 0. The van der Waals surface area contributed by atoms with Crippen molar-refractivity contribution in [3.05, 3.63) is 34.9 Å². The average Bonchev–Trinajstić information content (AvgIpc) is 2.17. The van der Waals surface area contributed by atoms with Gasteiger partial charge < -0.3 is 15.5 Å². The fraction of sp³-hybridized carbons (Fsp3) is 0.300. The number of nitrogens with one attached hydrogen (secondary N) is 1. The smallest absolute Gasteiger partial charge is 0.405 e. The highest BCUT2D eigenvalue weighted by Crippen LogP contribution is 2.18. The lowest BCUT2D eigenvalue weighted by Crippen LogP contribution is -2.27. The van der Waals surface area contributed by atoms with Gasteiger partial charge in [-0.3, -0.25) is 0 Å². The lowest BCUT2D eigenvalue weighted by molar-refractivity contribution is 0.185. The zero-order valence-corrected chi connectivity index (χ0v) is 8.74. The third-order valence-electron chi connectivity index (χ3n) is 1.99. The van der Waals surface area contributed by atoms with Crippen molar-refractivity contribution in [1.82, 2.24) is 5.32 Å². The molecule has 3 N–H and O–H groups in total. The van der Waals surface area contributed by atoms with E-state index in [1.54, 1.807) is 24.3 Å². The quantitative estimate of drug-likeness (QED) is 0.740. The molecule has 0 aliphatic rings. The molecule has 0 bridgehead atoms. The van der Waals surface area contributed by atoms with Gasteiger partial charge in [0.05, 0.1) is 6.04 Å². The van der Waals surface area contributed by atoms with Gasteiger partial charge in [0.25, 0.3) is 0 Å². The van der Waals surface area contributed by atoms with Gasteiger partial charge >= 0.3 is 6.09 Å². The van der Waals surface area contributed by atoms with E-state index < -0.39 is 12.1 Å². The maximum atomic E-state index is 10.5. The topological polar surface area (TPSA) is 69.6 Å². The van der Waals surface area contributed by atoms with Crippen molar-refractivity contribution in [1.29, 1.82) is 0 Å². The van der Waals surface area contributed by atoms with Crippen molar-refractivity contribution in [2.75, 3.05) is 6.61 Å².